The van der Waals surface area contributed by atoms with Crippen molar-refractivity contribution in [1.82, 2.24) is 5.32 Å². The molecule has 2 aliphatic heterocycles. The first-order valence-electron chi connectivity index (χ1n) is 10.3. The maximum atomic E-state index is 14.2. The van der Waals surface area contributed by atoms with Gasteiger partial charge in [0.05, 0.1) is 27.3 Å². The van der Waals surface area contributed by atoms with Crippen LogP contribution in [0, 0.1) is 12.7 Å². The smallest absolute Gasteiger partial charge is 0.374 e. The Labute approximate surface area is 208 Å². The second-order valence-electron chi connectivity index (χ2n) is 8.49. The molecule has 1 N–H and O–H groups in total. The van der Waals surface area contributed by atoms with Gasteiger partial charge in [0.15, 0.2) is 15.7 Å². The van der Waals surface area contributed by atoms with E-state index in [1.807, 2.05) is 0 Å². The van der Waals surface area contributed by atoms with Gasteiger partial charge in [-0.1, -0.05) is 34.4 Å². The number of benzene rings is 2. The number of amides is 1. The summed E-state index contributed by atoms with van der Waals surface area (Å²) in [4.78, 5) is 17.5. The van der Waals surface area contributed by atoms with Crippen molar-refractivity contribution in [3.63, 3.8) is 0 Å². The highest BCUT2D eigenvalue weighted by atomic mass is 35.5. The molecule has 2 atom stereocenters. The fraction of sp³-hybridized carbons (Fsp3) is 0.364. The lowest BCUT2D eigenvalue weighted by molar-refractivity contribution is -0.275. The third kappa shape index (κ3) is 4.85. The van der Waals surface area contributed by atoms with Crippen LogP contribution < -0.4 is 5.32 Å². The standard InChI is InChI=1S/C22H18Cl2F4N2O4S/c1-11-6-12(2-3-15(11)20(31)29-14-4-5-35(32,33)10-14)18-9-21(34-30-18,22(26,27)28)13-7-16(23)19(25)17(24)8-13/h2-3,6-8,14H,4-5,9-10H2,1H3,(H,29,31). The number of carbonyl (C=O) groups is 1. The molecule has 0 spiro atoms. The second kappa shape index (κ2) is 8.94. The Morgan fingerprint density at radius 3 is 2.40 bits per heavy atom. The van der Waals surface area contributed by atoms with E-state index >= 15 is 0 Å². The summed E-state index contributed by atoms with van der Waals surface area (Å²) in [5, 5.41) is 5.14. The maximum absolute atomic E-state index is 14.2. The van der Waals surface area contributed by atoms with Crippen molar-refractivity contribution in [3.05, 3.63) is 68.4 Å². The van der Waals surface area contributed by atoms with Gasteiger partial charge in [-0.25, -0.2) is 12.8 Å². The number of hydrogen-bond donors (Lipinski definition) is 1. The maximum Gasteiger partial charge on any atom is 0.435 e. The van der Waals surface area contributed by atoms with Crippen LogP contribution in [0.5, 0.6) is 0 Å². The summed E-state index contributed by atoms with van der Waals surface area (Å²) in [6, 6.07) is 5.44. The number of sulfone groups is 1. The van der Waals surface area contributed by atoms with Crippen molar-refractivity contribution in [2.75, 3.05) is 11.5 Å². The molecule has 1 fully saturated rings. The second-order valence-corrected chi connectivity index (χ2v) is 11.5. The highest BCUT2D eigenvalue weighted by Crippen LogP contribution is 2.50. The molecule has 1 amide bonds. The Hall–Kier alpha value is -2.37. The highest BCUT2D eigenvalue weighted by Gasteiger charge is 2.62. The summed E-state index contributed by atoms with van der Waals surface area (Å²) in [7, 11) is -3.18. The topological polar surface area (TPSA) is 84.8 Å². The lowest BCUT2D eigenvalue weighted by Gasteiger charge is -2.29. The van der Waals surface area contributed by atoms with Crippen LogP contribution in [0.1, 0.15) is 39.9 Å². The molecular formula is C22H18Cl2F4N2O4S. The van der Waals surface area contributed by atoms with Crippen LogP contribution in [0.25, 0.3) is 0 Å². The van der Waals surface area contributed by atoms with Gasteiger partial charge in [0, 0.05) is 23.6 Å². The molecule has 35 heavy (non-hydrogen) atoms. The van der Waals surface area contributed by atoms with Crippen molar-refractivity contribution < 1.29 is 35.6 Å². The molecule has 0 radical (unpaired) electrons. The molecule has 2 heterocycles. The zero-order chi connectivity index (χ0) is 25.8. The van der Waals surface area contributed by atoms with E-state index in [9.17, 15) is 30.8 Å². The molecule has 0 bridgehead atoms. The van der Waals surface area contributed by atoms with Crippen LogP contribution in [0.4, 0.5) is 17.6 Å². The average Bonchev–Trinajstić information content (AvgIpc) is 3.35. The summed E-state index contributed by atoms with van der Waals surface area (Å²) >= 11 is 11.4. The molecular weight excluding hydrogens is 535 g/mol. The fourth-order valence-corrected chi connectivity index (χ4v) is 6.28. The van der Waals surface area contributed by atoms with Crippen LogP contribution in [-0.4, -0.2) is 43.8 Å². The molecule has 0 aliphatic carbocycles. The normalized spacial score (nSPS) is 23.6. The lowest BCUT2D eigenvalue weighted by Crippen LogP contribution is -2.42. The van der Waals surface area contributed by atoms with Gasteiger partial charge in [0.25, 0.3) is 11.5 Å². The van der Waals surface area contributed by atoms with Crippen molar-refractivity contribution >= 4 is 44.7 Å². The predicted octanol–water partition coefficient (Wildman–Crippen LogP) is 4.94. The summed E-state index contributed by atoms with van der Waals surface area (Å²) < 4.78 is 79.5. The SMILES string of the molecule is Cc1cc(C2=NOC(c3cc(Cl)c(F)c(Cl)c3)(C(F)(F)F)C2)ccc1C(=O)NC1CCS(=O)(=O)C1. The molecule has 13 heteroatoms. The summed E-state index contributed by atoms with van der Waals surface area (Å²) in [5.41, 5.74) is -2.50. The number of nitrogens with one attached hydrogen (secondary N) is 1. The van der Waals surface area contributed by atoms with Crippen LogP contribution in [0.15, 0.2) is 35.5 Å². The zero-order valence-corrected chi connectivity index (χ0v) is 20.4. The first-order chi connectivity index (χ1) is 16.2. The summed E-state index contributed by atoms with van der Waals surface area (Å²) in [5.74, 6) is -1.67. The van der Waals surface area contributed by atoms with Gasteiger partial charge in [-0.05, 0) is 48.7 Å². The molecule has 0 aromatic heterocycles. The van der Waals surface area contributed by atoms with E-state index in [1.165, 1.54) is 18.2 Å². The van der Waals surface area contributed by atoms with Gasteiger partial charge in [0.1, 0.15) is 0 Å². The Morgan fingerprint density at radius 2 is 1.86 bits per heavy atom. The third-order valence-electron chi connectivity index (χ3n) is 6.01. The minimum absolute atomic E-state index is 0.00112. The Balaban J connectivity index is 1.58. The van der Waals surface area contributed by atoms with Gasteiger partial charge in [-0.2, -0.15) is 13.2 Å². The number of rotatable bonds is 4. The van der Waals surface area contributed by atoms with Crippen LogP contribution >= 0.6 is 23.2 Å². The van der Waals surface area contributed by atoms with E-state index in [0.717, 1.165) is 12.1 Å². The van der Waals surface area contributed by atoms with Gasteiger partial charge >= 0.3 is 6.18 Å². The third-order valence-corrected chi connectivity index (χ3v) is 8.33. The quantitative estimate of drug-likeness (QED) is 0.430. The number of aryl methyl sites for hydroxylation is 1. The molecule has 6 nitrogen and oxygen atoms in total. The van der Waals surface area contributed by atoms with E-state index in [2.05, 4.69) is 10.5 Å². The number of halogens is 6. The molecule has 2 aliphatic rings. The van der Waals surface area contributed by atoms with Crippen LogP contribution in [-0.2, 0) is 20.3 Å². The van der Waals surface area contributed by atoms with Crippen LogP contribution in [0.3, 0.4) is 0 Å². The largest absolute Gasteiger partial charge is 0.435 e. The van der Waals surface area contributed by atoms with Crippen molar-refractivity contribution in [3.8, 4) is 0 Å². The van der Waals surface area contributed by atoms with Gasteiger partial charge in [0.2, 0.25) is 0 Å². The molecule has 4 rings (SSSR count). The van der Waals surface area contributed by atoms with Gasteiger partial charge in [-0.3, -0.25) is 4.79 Å². The summed E-state index contributed by atoms with van der Waals surface area (Å²) in [6.45, 7) is 1.59. The van der Waals surface area contributed by atoms with Crippen molar-refractivity contribution in [2.45, 2.75) is 37.6 Å². The Morgan fingerprint density at radius 1 is 1.20 bits per heavy atom. The molecule has 2 aromatic carbocycles. The monoisotopic (exact) mass is 552 g/mol. The number of alkyl halides is 3. The van der Waals surface area contributed by atoms with E-state index in [1.54, 1.807) is 6.92 Å². The predicted molar refractivity (Wildman–Crippen MR) is 122 cm³/mol. The minimum Gasteiger partial charge on any atom is -0.374 e. The molecule has 2 aromatic rings. The lowest BCUT2D eigenvalue weighted by atomic mass is 9.86. The highest BCUT2D eigenvalue weighted by molar-refractivity contribution is 7.91. The first kappa shape index (κ1) is 25.7. The molecule has 2 unspecified atom stereocenters. The average molecular weight is 553 g/mol. The Bertz CT molecular complexity index is 1320. The van der Waals surface area contributed by atoms with E-state index in [0.29, 0.717) is 12.0 Å². The first-order valence-corrected chi connectivity index (χ1v) is 12.9. The van der Waals surface area contributed by atoms with E-state index in [4.69, 9.17) is 28.0 Å². The van der Waals surface area contributed by atoms with E-state index in [-0.39, 0.29) is 28.3 Å². The summed E-state index contributed by atoms with van der Waals surface area (Å²) in [6.07, 6.45) is -5.37. The van der Waals surface area contributed by atoms with Crippen molar-refractivity contribution in [2.24, 2.45) is 5.16 Å². The van der Waals surface area contributed by atoms with Gasteiger partial charge in [-0.15, -0.1) is 0 Å². The van der Waals surface area contributed by atoms with Gasteiger partial charge < -0.3 is 10.2 Å². The number of nitrogens with zero attached hydrogens (tertiary/aromatic N) is 1. The minimum atomic E-state index is -4.95. The van der Waals surface area contributed by atoms with E-state index < -0.39 is 61.4 Å². The number of carbonyl (C=O) groups excluding carboxylic acids is 1. The fourth-order valence-electron chi connectivity index (χ4n) is 4.12. The molecule has 1 saturated heterocycles. The van der Waals surface area contributed by atoms with Crippen LogP contribution in [0.2, 0.25) is 10.0 Å². The Kier molecular flexibility index (Phi) is 6.56. The van der Waals surface area contributed by atoms with Crippen molar-refractivity contribution in [1.29, 1.82) is 0 Å². The number of hydrogen-bond acceptors (Lipinski definition) is 5. The molecule has 188 valence electrons. The molecule has 0 saturated carbocycles. The zero-order valence-electron chi connectivity index (χ0n) is 18.0. The number of oxime groups is 1.